The molecule has 1 aliphatic rings. The van der Waals surface area contributed by atoms with Crippen molar-refractivity contribution in [3.05, 3.63) is 24.3 Å². The lowest BCUT2D eigenvalue weighted by molar-refractivity contribution is -0.274. The first kappa shape index (κ1) is 19.8. The Hall–Kier alpha value is -1.55. The van der Waals surface area contributed by atoms with Gasteiger partial charge in [0.25, 0.3) is 0 Å². The molecule has 1 aliphatic heterocycles. The predicted molar refractivity (Wildman–Crippen MR) is 84.6 cm³/mol. The van der Waals surface area contributed by atoms with E-state index >= 15 is 0 Å². The van der Waals surface area contributed by atoms with Crippen molar-refractivity contribution in [3.63, 3.8) is 0 Å². The Morgan fingerprint density at radius 1 is 1.00 bits per heavy atom. The molecule has 1 atom stereocenters. The Balaban J connectivity index is 1.69. The van der Waals surface area contributed by atoms with Gasteiger partial charge >= 0.3 is 6.36 Å². The Labute approximate surface area is 144 Å². The lowest BCUT2D eigenvalue weighted by Crippen LogP contribution is -2.49. The molecule has 0 radical (unpaired) electrons. The summed E-state index contributed by atoms with van der Waals surface area (Å²) in [7, 11) is 0. The summed E-state index contributed by atoms with van der Waals surface area (Å²) in [6.07, 6.45) is -5.42. The number of ether oxygens (including phenoxy) is 2. The van der Waals surface area contributed by atoms with E-state index in [0.29, 0.717) is 18.8 Å². The zero-order chi connectivity index (χ0) is 18.3. The molecule has 1 fully saturated rings. The van der Waals surface area contributed by atoms with Crippen molar-refractivity contribution < 1.29 is 32.9 Å². The number of aliphatic hydroxyl groups is 2. The highest BCUT2D eigenvalue weighted by atomic mass is 19.4. The highest BCUT2D eigenvalue weighted by molar-refractivity contribution is 5.31. The first-order valence-electron chi connectivity index (χ1n) is 8.08. The number of benzene rings is 1. The fourth-order valence-corrected chi connectivity index (χ4v) is 2.62. The van der Waals surface area contributed by atoms with E-state index in [1.807, 2.05) is 0 Å². The molecule has 142 valence electrons. The fourth-order valence-electron chi connectivity index (χ4n) is 2.62. The maximum Gasteiger partial charge on any atom is 0.573 e. The lowest BCUT2D eigenvalue weighted by Gasteiger charge is -2.35. The van der Waals surface area contributed by atoms with Gasteiger partial charge in [0.2, 0.25) is 0 Å². The number of piperazine rings is 1. The van der Waals surface area contributed by atoms with Crippen molar-refractivity contribution in [2.45, 2.75) is 12.5 Å². The van der Waals surface area contributed by atoms with E-state index < -0.39 is 12.5 Å². The standard InChI is InChI=1S/C16H23F3N2O4/c17-16(18,19)25-15-3-1-14(2-4-15)24-12-13(23)11-21-7-5-20(6-8-21)9-10-22/h1-4,13,22-23H,5-12H2. The van der Waals surface area contributed by atoms with E-state index in [9.17, 15) is 18.3 Å². The largest absolute Gasteiger partial charge is 0.573 e. The molecule has 1 unspecified atom stereocenters. The van der Waals surface area contributed by atoms with Crippen LogP contribution < -0.4 is 9.47 Å². The van der Waals surface area contributed by atoms with E-state index in [4.69, 9.17) is 9.84 Å². The number of β-amino-alcohol motifs (C(OH)–C–C–N with tert-alkyl or cyclic N) is 2. The molecule has 1 heterocycles. The Bertz CT molecular complexity index is 505. The summed E-state index contributed by atoms with van der Waals surface area (Å²) in [5, 5.41) is 19.0. The van der Waals surface area contributed by atoms with Crippen molar-refractivity contribution in [1.82, 2.24) is 9.80 Å². The van der Waals surface area contributed by atoms with Crippen molar-refractivity contribution in [2.75, 3.05) is 52.5 Å². The third kappa shape index (κ3) is 7.47. The monoisotopic (exact) mass is 364 g/mol. The molecule has 0 aromatic heterocycles. The average molecular weight is 364 g/mol. The maximum atomic E-state index is 12.1. The number of hydrogen-bond donors (Lipinski definition) is 2. The third-order valence-electron chi connectivity index (χ3n) is 3.85. The van der Waals surface area contributed by atoms with Crippen LogP contribution in [0.15, 0.2) is 24.3 Å². The Kier molecular flexibility index (Phi) is 7.30. The molecular formula is C16H23F3N2O4. The molecule has 0 bridgehead atoms. The first-order valence-corrected chi connectivity index (χ1v) is 8.08. The summed E-state index contributed by atoms with van der Waals surface area (Å²) >= 11 is 0. The molecule has 1 aromatic carbocycles. The van der Waals surface area contributed by atoms with Crippen LogP contribution in [0.5, 0.6) is 11.5 Å². The predicted octanol–water partition coefficient (Wildman–Crippen LogP) is 0.935. The molecular weight excluding hydrogens is 341 g/mol. The molecule has 9 heteroatoms. The molecule has 2 rings (SSSR count). The van der Waals surface area contributed by atoms with E-state index in [0.717, 1.165) is 38.3 Å². The number of alkyl halides is 3. The Morgan fingerprint density at radius 2 is 1.56 bits per heavy atom. The van der Waals surface area contributed by atoms with Crippen LogP contribution in [-0.4, -0.2) is 85.0 Å². The quantitative estimate of drug-likeness (QED) is 0.716. The molecule has 1 saturated heterocycles. The molecule has 6 nitrogen and oxygen atoms in total. The van der Waals surface area contributed by atoms with Gasteiger partial charge < -0.3 is 19.7 Å². The van der Waals surface area contributed by atoms with Crippen molar-refractivity contribution in [3.8, 4) is 11.5 Å². The van der Waals surface area contributed by atoms with Gasteiger partial charge in [-0.2, -0.15) is 0 Å². The minimum atomic E-state index is -4.72. The number of aliphatic hydroxyl groups excluding tert-OH is 2. The van der Waals surface area contributed by atoms with Gasteiger partial charge in [-0.05, 0) is 24.3 Å². The van der Waals surface area contributed by atoms with Crippen LogP contribution in [0, 0.1) is 0 Å². The fraction of sp³-hybridized carbons (Fsp3) is 0.625. The Morgan fingerprint density at radius 3 is 2.12 bits per heavy atom. The average Bonchev–Trinajstić information content (AvgIpc) is 2.55. The van der Waals surface area contributed by atoms with E-state index in [-0.39, 0.29) is 19.0 Å². The number of hydrogen-bond acceptors (Lipinski definition) is 6. The van der Waals surface area contributed by atoms with Crippen LogP contribution in [0.1, 0.15) is 0 Å². The highest BCUT2D eigenvalue weighted by Crippen LogP contribution is 2.24. The van der Waals surface area contributed by atoms with Gasteiger partial charge in [-0.3, -0.25) is 9.80 Å². The van der Waals surface area contributed by atoms with E-state index in [2.05, 4.69) is 14.5 Å². The minimum Gasteiger partial charge on any atom is -0.491 e. The van der Waals surface area contributed by atoms with Crippen LogP contribution in [0.3, 0.4) is 0 Å². The van der Waals surface area contributed by atoms with Crippen molar-refractivity contribution in [2.24, 2.45) is 0 Å². The molecule has 0 amide bonds. The number of nitrogens with zero attached hydrogens (tertiary/aromatic N) is 2. The maximum absolute atomic E-state index is 12.1. The SMILES string of the molecule is OCCN1CCN(CC(O)COc2ccc(OC(F)(F)F)cc2)CC1. The molecule has 0 saturated carbocycles. The van der Waals surface area contributed by atoms with Crippen LogP contribution >= 0.6 is 0 Å². The summed E-state index contributed by atoms with van der Waals surface area (Å²) in [5.74, 6) is 0.0440. The van der Waals surface area contributed by atoms with Crippen molar-refractivity contribution >= 4 is 0 Å². The lowest BCUT2D eigenvalue weighted by atomic mass is 10.2. The van der Waals surface area contributed by atoms with Gasteiger partial charge in [0, 0.05) is 39.3 Å². The van der Waals surface area contributed by atoms with Crippen LogP contribution in [0.4, 0.5) is 13.2 Å². The van der Waals surface area contributed by atoms with Crippen LogP contribution in [0.2, 0.25) is 0 Å². The number of rotatable bonds is 8. The molecule has 0 aliphatic carbocycles. The topological polar surface area (TPSA) is 65.4 Å². The second-order valence-electron chi connectivity index (χ2n) is 5.85. The van der Waals surface area contributed by atoms with E-state index in [1.165, 1.54) is 12.1 Å². The summed E-state index contributed by atoms with van der Waals surface area (Å²) in [4.78, 5) is 4.27. The highest BCUT2D eigenvalue weighted by Gasteiger charge is 2.31. The first-order chi connectivity index (χ1) is 11.9. The minimum absolute atomic E-state index is 0.0519. The zero-order valence-corrected chi connectivity index (χ0v) is 13.8. The second kappa shape index (κ2) is 9.23. The third-order valence-corrected chi connectivity index (χ3v) is 3.85. The van der Waals surface area contributed by atoms with E-state index in [1.54, 1.807) is 0 Å². The van der Waals surface area contributed by atoms with Crippen LogP contribution in [0.25, 0.3) is 0 Å². The zero-order valence-electron chi connectivity index (χ0n) is 13.8. The molecule has 25 heavy (non-hydrogen) atoms. The smallest absolute Gasteiger partial charge is 0.491 e. The summed E-state index contributed by atoms with van der Waals surface area (Å²) in [5.41, 5.74) is 0. The van der Waals surface area contributed by atoms with Gasteiger partial charge in [0.1, 0.15) is 24.2 Å². The normalized spacial score (nSPS) is 18.1. The summed E-state index contributed by atoms with van der Waals surface area (Å²) in [6, 6.07) is 5.05. The van der Waals surface area contributed by atoms with Crippen LogP contribution in [-0.2, 0) is 0 Å². The van der Waals surface area contributed by atoms with Gasteiger partial charge in [-0.1, -0.05) is 0 Å². The summed E-state index contributed by atoms with van der Waals surface area (Å²) < 4.78 is 45.4. The second-order valence-corrected chi connectivity index (χ2v) is 5.85. The molecule has 2 N–H and O–H groups in total. The van der Waals surface area contributed by atoms with Gasteiger partial charge in [-0.25, -0.2) is 0 Å². The van der Waals surface area contributed by atoms with Gasteiger partial charge in [0.05, 0.1) is 6.61 Å². The number of halogens is 3. The summed E-state index contributed by atoms with van der Waals surface area (Å²) in [6.45, 7) is 4.61. The van der Waals surface area contributed by atoms with Gasteiger partial charge in [-0.15, -0.1) is 13.2 Å². The van der Waals surface area contributed by atoms with Gasteiger partial charge in [0.15, 0.2) is 0 Å². The molecule has 0 spiro atoms. The molecule has 1 aromatic rings. The van der Waals surface area contributed by atoms with Crippen molar-refractivity contribution in [1.29, 1.82) is 0 Å².